The summed E-state index contributed by atoms with van der Waals surface area (Å²) in [5.74, 6) is -0.608. The quantitative estimate of drug-likeness (QED) is 0.915. The monoisotopic (exact) mass is 298 g/mol. The van der Waals surface area contributed by atoms with E-state index in [9.17, 15) is 14.0 Å². The second-order valence-electron chi connectivity index (χ2n) is 5.19. The Morgan fingerprint density at radius 3 is 2.82 bits per heavy atom. The van der Waals surface area contributed by atoms with Crippen LogP contribution in [0.5, 0.6) is 0 Å². The van der Waals surface area contributed by atoms with Crippen LogP contribution in [0, 0.1) is 5.82 Å². The Bertz CT molecular complexity index is 743. The van der Waals surface area contributed by atoms with Crippen molar-refractivity contribution in [2.75, 3.05) is 5.32 Å². The number of carbonyl (C=O) groups excluding carboxylic acids is 2. The maximum absolute atomic E-state index is 13.5. The van der Waals surface area contributed by atoms with Crippen LogP contribution in [0.25, 0.3) is 0 Å². The molecular formula is C17H15FN2O2. The molecule has 1 aliphatic rings. The van der Waals surface area contributed by atoms with E-state index in [1.54, 1.807) is 36.4 Å². The molecule has 0 fully saturated rings. The molecule has 5 heteroatoms. The zero-order valence-corrected chi connectivity index (χ0v) is 11.9. The summed E-state index contributed by atoms with van der Waals surface area (Å²) in [7, 11) is 0. The third-order valence-corrected chi connectivity index (χ3v) is 3.66. The molecule has 0 bridgehead atoms. The molecule has 0 atom stereocenters. The molecule has 0 aliphatic carbocycles. The van der Waals surface area contributed by atoms with Crippen molar-refractivity contribution in [2.24, 2.45) is 0 Å². The van der Waals surface area contributed by atoms with Gasteiger partial charge in [-0.25, -0.2) is 4.39 Å². The van der Waals surface area contributed by atoms with Gasteiger partial charge in [0.1, 0.15) is 5.82 Å². The van der Waals surface area contributed by atoms with E-state index >= 15 is 0 Å². The fourth-order valence-electron chi connectivity index (χ4n) is 2.44. The van der Waals surface area contributed by atoms with E-state index < -0.39 is 0 Å². The van der Waals surface area contributed by atoms with Gasteiger partial charge < -0.3 is 10.6 Å². The number of fused-ring (bicyclic) bond motifs is 1. The lowest BCUT2D eigenvalue weighted by atomic mass is 10.00. The van der Waals surface area contributed by atoms with Crippen molar-refractivity contribution < 1.29 is 14.0 Å². The Labute approximate surface area is 127 Å². The number of rotatable bonds is 3. The van der Waals surface area contributed by atoms with E-state index in [1.807, 2.05) is 0 Å². The molecule has 1 aliphatic heterocycles. The molecule has 22 heavy (non-hydrogen) atoms. The van der Waals surface area contributed by atoms with Gasteiger partial charge in [-0.05, 0) is 36.2 Å². The lowest BCUT2D eigenvalue weighted by molar-refractivity contribution is -0.116. The maximum Gasteiger partial charge on any atom is 0.251 e. The molecular weight excluding hydrogens is 283 g/mol. The average molecular weight is 298 g/mol. The molecule has 0 spiro atoms. The standard InChI is InChI=1S/C17H15FN2O2/c18-14-4-2-1-3-13(14)10-19-17(22)12-5-7-15-11(9-12)6-8-16(21)20-15/h1-5,7,9H,6,8,10H2,(H,19,22)(H,20,21). The minimum Gasteiger partial charge on any atom is -0.348 e. The largest absolute Gasteiger partial charge is 0.348 e. The maximum atomic E-state index is 13.5. The summed E-state index contributed by atoms with van der Waals surface area (Å²) in [4.78, 5) is 23.5. The van der Waals surface area contributed by atoms with Crippen molar-refractivity contribution in [3.63, 3.8) is 0 Å². The summed E-state index contributed by atoms with van der Waals surface area (Å²) in [6, 6.07) is 11.5. The molecule has 0 aromatic heterocycles. The van der Waals surface area contributed by atoms with Crippen LogP contribution in [0.15, 0.2) is 42.5 Å². The summed E-state index contributed by atoms with van der Waals surface area (Å²) < 4.78 is 13.5. The minimum absolute atomic E-state index is 0.00995. The molecule has 0 unspecified atom stereocenters. The highest BCUT2D eigenvalue weighted by molar-refractivity contribution is 5.97. The van der Waals surface area contributed by atoms with E-state index in [2.05, 4.69) is 10.6 Å². The lowest BCUT2D eigenvalue weighted by Gasteiger charge is -2.17. The van der Waals surface area contributed by atoms with Crippen LogP contribution in [0.1, 0.15) is 27.9 Å². The Balaban J connectivity index is 1.70. The van der Waals surface area contributed by atoms with Crippen molar-refractivity contribution in [1.82, 2.24) is 5.32 Å². The minimum atomic E-state index is -0.337. The van der Waals surface area contributed by atoms with E-state index in [4.69, 9.17) is 0 Å². The van der Waals surface area contributed by atoms with Crippen LogP contribution in [0.3, 0.4) is 0 Å². The molecule has 2 aromatic rings. The van der Waals surface area contributed by atoms with Gasteiger partial charge in [-0.2, -0.15) is 0 Å². The third kappa shape index (κ3) is 2.98. The van der Waals surface area contributed by atoms with Crippen molar-refractivity contribution in [3.05, 3.63) is 65.0 Å². The number of nitrogens with one attached hydrogen (secondary N) is 2. The second-order valence-corrected chi connectivity index (χ2v) is 5.19. The molecule has 112 valence electrons. The van der Waals surface area contributed by atoms with E-state index in [0.29, 0.717) is 24.0 Å². The number of hydrogen-bond donors (Lipinski definition) is 2. The van der Waals surface area contributed by atoms with Crippen LogP contribution >= 0.6 is 0 Å². The smallest absolute Gasteiger partial charge is 0.251 e. The highest BCUT2D eigenvalue weighted by Gasteiger charge is 2.16. The summed E-state index contributed by atoms with van der Waals surface area (Å²) >= 11 is 0. The Morgan fingerprint density at radius 2 is 2.00 bits per heavy atom. The van der Waals surface area contributed by atoms with Gasteiger partial charge in [0.25, 0.3) is 5.91 Å². The highest BCUT2D eigenvalue weighted by atomic mass is 19.1. The van der Waals surface area contributed by atoms with Gasteiger partial charge in [0.2, 0.25) is 5.91 Å². The number of anilines is 1. The first-order valence-corrected chi connectivity index (χ1v) is 7.08. The number of benzene rings is 2. The van der Waals surface area contributed by atoms with Crippen molar-refractivity contribution in [2.45, 2.75) is 19.4 Å². The molecule has 0 saturated heterocycles. The lowest BCUT2D eigenvalue weighted by Crippen LogP contribution is -2.24. The molecule has 2 amide bonds. The van der Waals surface area contributed by atoms with E-state index in [-0.39, 0.29) is 24.2 Å². The van der Waals surface area contributed by atoms with Gasteiger partial charge in [-0.3, -0.25) is 9.59 Å². The Morgan fingerprint density at radius 1 is 1.18 bits per heavy atom. The number of aryl methyl sites for hydroxylation is 1. The Kier molecular flexibility index (Phi) is 3.87. The van der Waals surface area contributed by atoms with Gasteiger partial charge in [0, 0.05) is 29.8 Å². The van der Waals surface area contributed by atoms with Gasteiger partial charge >= 0.3 is 0 Å². The van der Waals surface area contributed by atoms with E-state index in [0.717, 1.165) is 11.3 Å². The molecule has 0 saturated carbocycles. The summed E-state index contributed by atoms with van der Waals surface area (Å²) in [6.07, 6.45) is 1.04. The molecule has 0 radical (unpaired) electrons. The topological polar surface area (TPSA) is 58.2 Å². The molecule has 2 aromatic carbocycles. The van der Waals surface area contributed by atoms with Crippen molar-refractivity contribution >= 4 is 17.5 Å². The highest BCUT2D eigenvalue weighted by Crippen LogP contribution is 2.23. The molecule has 2 N–H and O–H groups in total. The van der Waals surface area contributed by atoms with E-state index in [1.165, 1.54) is 6.07 Å². The fourth-order valence-corrected chi connectivity index (χ4v) is 2.44. The summed E-state index contributed by atoms with van der Waals surface area (Å²) in [5.41, 5.74) is 2.65. The number of amides is 2. The van der Waals surface area contributed by atoms with Crippen LogP contribution < -0.4 is 10.6 Å². The molecule has 4 nitrogen and oxygen atoms in total. The van der Waals surface area contributed by atoms with Gasteiger partial charge in [-0.1, -0.05) is 18.2 Å². The van der Waals surface area contributed by atoms with Gasteiger partial charge in [0.05, 0.1) is 0 Å². The SMILES string of the molecule is O=C1CCc2cc(C(=O)NCc3ccccc3F)ccc2N1. The zero-order valence-electron chi connectivity index (χ0n) is 11.9. The third-order valence-electron chi connectivity index (χ3n) is 3.66. The summed E-state index contributed by atoms with van der Waals surface area (Å²) in [6.45, 7) is 0.138. The van der Waals surface area contributed by atoms with Crippen molar-refractivity contribution in [3.8, 4) is 0 Å². The number of carbonyl (C=O) groups is 2. The number of halogens is 1. The average Bonchev–Trinajstić information content (AvgIpc) is 2.53. The first-order chi connectivity index (χ1) is 10.6. The van der Waals surface area contributed by atoms with Crippen LogP contribution in [-0.4, -0.2) is 11.8 Å². The van der Waals surface area contributed by atoms with Crippen LogP contribution in [0.2, 0.25) is 0 Å². The van der Waals surface area contributed by atoms with Gasteiger partial charge in [-0.15, -0.1) is 0 Å². The first kappa shape index (κ1) is 14.3. The first-order valence-electron chi connectivity index (χ1n) is 7.08. The van der Waals surface area contributed by atoms with Gasteiger partial charge in [0.15, 0.2) is 0 Å². The predicted molar refractivity (Wildman–Crippen MR) is 81.0 cm³/mol. The molecule has 1 heterocycles. The Hall–Kier alpha value is -2.69. The van der Waals surface area contributed by atoms with Crippen molar-refractivity contribution in [1.29, 1.82) is 0 Å². The summed E-state index contributed by atoms with van der Waals surface area (Å²) in [5, 5.41) is 5.48. The second kappa shape index (κ2) is 5.97. The van der Waals surface area contributed by atoms with Crippen LogP contribution in [-0.2, 0) is 17.8 Å². The zero-order chi connectivity index (χ0) is 15.5. The normalized spacial score (nSPS) is 13.2. The van der Waals surface area contributed by atoms with Crippen LogP contribution in [0.4, 0.5) is 10.1 Å². The number of hydrogen-bond acceptors (Lipinski definition) is 2. The predicted octanol–water partition coefficient (Wildman–Crippen LogP) is 2.64. The fraction of sp³-hybridized carbons (Fsp3) is 0.176. The molecule has 3 rings (SSSR count).